The Bertz CT molecular complexity index is 434. The third kappa shape index (κ3) is 3.66. The van der Waals surface area contributed by atoms with Crippen molar-refractivity contribution in [3.05, 3.63) is 57.8 Å². The van der Waals surface area contributed by atoms with Crippen molar-refractivity contribution >= 4 is 11.3 Å². The van der Waals surface area contributed by atoms with Crippen LogP contribution in [0.3, 0.4) is 0 Å². The van der Waals surface area contributed by atoms with Crippen molar-refractivity contribution in [1.82, 2.24) is 4.90 Å². The van der Waals surface area contributed by atoms with Crippen molar-refractivity contribution < 1.29 is 0 Å². The molecule has 0 aliphatic carbocycles. The fourth-order valence-electron chi connectivity index (χ4n) is 1.82. The molecular formula is C14H18N2S. The molecule has 0 aliphatic rings. The minimum absolute atomic E-state index is 0.616. The van der Waals surface area contributed by atoms with E-state index in [-0.39, 0.29) is 0 Å². The highest BCUT2D eigenvalue weighted by molar-refractivity contribution is 7.09. The molecule has 1 aromatic heterocycles. The van der Waals surface area contributed by atoms with Crippen LogP contribution in [0.15, 0.2) is 41.8 Å². The molecule has 0 saturated heterocycles. The van der Waals surface area contributed by atoms with Gasteiger partial charge in [0, 0.05) is 24.5 Å². The second-order valence-electron chi connectivity index (χ2n) is 4.27. The van der Waals surface area contributed by atoms with E-state index in [2.05, 4.69) is 53.7 Å². The first-order valence-electron chi connectivity index (χ1n) is 5.77. The van der Waals surface area contributed by atoms with Gasteiger partial charge >= 0.3 is 0 Å². The molecule has 0 aliphatic heterocycles. The van der Waals surface area contributed by atoms with Crippen LogP contribution < -0.4 is 5.73 Å². The summed E-state index contributed by atoms with van der Waals surface area (Å²) in [7, 11) is 2.15. The minimum Gasteiger partial charge on any atom is -0.326 e. The van der Waals surface area contributed by atoms with Gasteiger partial charge in [0.05, 0.1) is 0 Å². The number of benzene rings is 1. The summed E-state index contributed by atoms with van der Waals surface area (Å²) in [6, 6.07) is 12.8. The van der Waals surface area contributed by atoms with Gasteiger partial charge in [0.15, 0.2) is 0 Å². The van der Waals surface area contributed by atoms with E-state index < -0.39 is 0 Å². The first-order chi connectivity index (χ1) is 8.28. The van der Waals surface area contributed by atoms with E-state index in [4.69, 9.17) is 5.73 Å². The van der Waals surface area contributed by atoms with Crippen molar-refractivity contribution in [2.45, 2.75) is 19.6 Å². The normalized spacial score (nSPS) is 11.0. The quantitative estimate of drug-likeness (QED) is 0.879. The molecule has 90 valence electrons. The molecule has 0 saturated carbocycles. The summed E-state index contributed by atoms with van der Waals surface area (Å²) in [4.78, 5) is 3.73. The predicted molar refractivity (Wildman–Crippen MR) is 73.8 cm³/mol. The number of nitrogens with zero attached hydrogens (tertiary/aromatic N) is 1. The van der Waals surface area contributed by atoms with Gasteiger partial charge in [0.1, 0.15) is 0 Å². The van der Waals surface area contributed by atoms with E-state index in [0.29, 0.717) is 6.54 Å². The molecular weight excluding hydrogens is 228 g/mol. The molecule has 0 radical (unpaired) electrons. The van der Waals surface area contributed by atoms with E-state index in [1.165, 1.54) is 16.0 Å². The van der Waals surface area contributed by atoms with Crippen LogP contribution in [-0.4, -0.2) is 11.9 Å². The maximum Gasteiger partial charge on any atom is 0.0328 e. The first-order valence-corrected chi connectivity index (χ1v) is 6.64. The Morgan fingerprint density at radius 2 is 1.76 bits per heavy atom. The van der Waals surface area contributed by atoms with Gasteiger partial charge in [0.2, 0.25) is 0 Å². The van der Waals surface area contributed by atoms with Gasteiger partial charge in [-0.15, -0.1) is 11.3 Å². The van der Waals surface area contributed by atoms with Gasteiger partial charge in [0.25, 0.3) is 0 Å². The monoisotopic (exact) mass is 246 g/mol. The zero-order valence-corrected chi connectivity index (χ0v) is 10.9. The summed E-state index contributed by atoms with van der Waals surface area (Å²) in [6.07, 6.45) is 0. The third-order valence-electron chi connectivity index (χ3n) is 2.72. The number of hydrogen-bond acceptors (Lipinski definition) is 3. The maximum absolute atomic E-state index is 5.58. The summed E-state index contributed by atoms with van der Waals surface area (Å²) in [5, 5.41) is 2.12. The fourth-order valence-corrected chi connectivity index (χ4v) is 2.60. The smallest absolute Gasteiger partial charge is 0.0328 e. The van der Waals surface area contributed by atoms with E-state index in [1.807, 2.05) is 11.3 Å². The molecule has 2 aromatic rings. The molecule has 1 aromatic carbocycles. The van der Waals surface area contributed by atoms with Gasteiger partial charge < -0.3 is 5.73 Å². The summed E-state index contributed by atoms with van der Waals surface area (Å²) in [5.74, 6) is 0. The van der Waals surface area contributed by atoms with Crippen LogP contribution >= 0.6 is 11.3 Å². The Labute approximate surface area is 107 Å². The Kier molecular flexibility index (Phi) is 4.31. The number of rotatable bonds is 5. The molecule has 0 bridgehead atoms. The Balaban J connectivity index is 1.91. The number of nitrogens with two attached hydrogens (primary N) is 1. The van der Waals surface area contributed by atoms with E-state index >= 15 is 0 Å². The molecule has 0 fully saturated rings. The first kappa shape index (κ1) is 12.3. The van der Waals surface area contributed by atoms with Crippen LogP contribution in [-0.2, 0) is 19.6 Å². The molecule has 3 heteroatoms. The van der Waals surface area contributed by atoms with Crippen molar-refractivity contribution in [3.8, 4) is 0 Å². The van der Waals surface area contributed by atoms with Crippen LogP contribution in [0.25, 0.3) is 0 Å². The minimum atomic E-state index is 0.616. The van der Waals surface area contributed by atoms with Gasteiger partial charge in [-0.3, -0.25) is 4.90 Å². The SMILES string of the molecule is CN(Cc1ccc(CN)cc1)Cc1cccs1. The average molecular weight is 246 g/mol. The van der Waals surface area contributed by atoms with Crippen LogP contribution in [0, 0.1) is 0 Å². The third-order valence-corrected chi connectivity index (χ3v) is 3.58. The lowest BCUT2D eigenvalue weighted by Crippen LogP contribution is -2.16. The number of hydrogen-bond donors (Lipinski definition) is 1. The highest BCUT2D eigenvalue weighted by atomic mass is 32.1. The van der Waals surface area contributed by atoms with Crippen molar-refractivity contribution in [3.63, 3.8) is 0 Å². The van der Waals surface area contributed by atoms with Gasteiger partial charge in [-0.2, -0.15) is 0 Å². The van der Waals surface area contributed by atoms with Crippen LogP contribution in [0.5, 0.6) is 0 Å². The van der Waals surface area contributed by atoms with Gasteiger partial charge in [-0.05, 0) is 29.6 Å². The fraction of sp³-hybridized carbons (Fsp3) is 0.286. The van der Waals surface area contributed by atoms with E-state index in [1.54, 1.807) is 0 Å². The van der Waals surface area contributed by atoms with Crippen LogP contribution in [0.2, 0.25) is 0 Å². The largest absolute Gasteiger partial charge is 0.326 e. The lowest BCUT2D eigenvalue weighted by atomic mass is 10.1. The molecule has 2 rings (SSSR count). The highest BCUT2D eigenvalue weighted by Gasteiger charge is 2.02. The summed E-state index contributed by atoms with van der Waals surface area (Å²) in [5.41, 5.74) is 8.11. The topological polar surface area (TPSA) is 29.3 Å². The second kappa shape index (κ2) is 5.96. The Morgan fingerprint density at radius 3 is 2.35 bits per heavy atom. The van der Waals surface area contributed by atoms with Crippen LogP contribution in [0.4, 0.5) is 0 Å². The molecule has 0 atom stereocenters. The van der Waals surface area contributed by atoms with E-state index in [0.717, 1.165) is 13.1 Å². The average Bonchev–Trinajstić information content (AvgIpc) is 2.82. The lowest BCUT2D eigenvalue weighted by molar-refractivity contribution is 0.322. The zero-order valence-electron chi connectivity index (χ0n) is 10.1. The lowest BCUT2D eigenvalue weighted by Gasteiger charge is -2.15. The maximum atomic E-state index is 5.58. The molecule has 2 N–H and O–H groups in total. The number of thiophene rings is 1. The zero-order chi connectivity index (χ0) is 12.1. The molecule has 0 amide bonds. The standard InChI is InChI=1S/C14H18N2S/c1-16(11-14-3-2-8-17-14)10-13-6-4-12(9-15)5-7-13/h2-8H,9-11,15H2,1H3. The van der Waals surface area contributed by atoms with Gasteiger partial charge in [-0.25, -0.2) is 0 Å². The van der Waals surface area contributed by atoms with Crippen molar-refractivity contribution in [2.75, 3.05) is 7.05 Å². The summed E-state index contributed by atoms with van der Waals surface area (Å²) in [6.45, 7) is 2.60. The predicted octanol–water partition coefficient (Wildman–Crippen LogP) is 2.84. The Hall–Kier alpha value is -1.16. The molecule has 2 nitrogen and oxygen atoms in total. The molecule has 0 unspecified atom stereocenters. The summed E-state index contributed by atoms with van der Waals surface area (Å²) >= 11 is 1.81. The van der Waals surface area contributed by atoms with E-state index in [9.17, 15) is 0 Å². The van der Waals surface area contributed by atoms with Gasteiger partial charge in [-0.1, -0.05) is 30.3 Å². The Morgan fingerprint density at radius 1 is 1.06 bits per heavy atom. The van der Waals surface area contributed by atoms with Crippen molar-refractivity contribution in [1.29, 1.82) is 0 Å². The van der Waals surface area contributed by atoms with Crippen LogP contribution in [0.1, 0.15) is 16.0 Å². The summed E-state index contributed by atoms with van der Waals surface area (Å²) < 4.78 is 0. The van der Waals surface area contributed by atoms with Crippen molar-refractivity contribution in [2.24, 2.45) is 5.73 Å². The molecule has 1 heterocycles. The molecule has 17 heavy (non-hydrogen) atoms. The second-order valence-corrected chi connectivity index (χ2v) is 5.30. The highest BCUT2D eigenvalue weighted by Crippen LogP contribution is 2.13. The molecule has 0 spiro atoms.